The molecule has 2 heterocycles. The van der Waals surface area contributed by atoms with E-state index >= 15 is 0 Å². The molecule has 4 aromatic rings. The van der Waals surface area contributed by atoms with Gasteiger partial charge in [0, 0.05) is 43.0 Å². The number of hydrogen-bond acceptors (Lipinski definition) is 4. The van der Waals surface area contributed by atoms with Crippen LogP contribution < -0.4 is 5.73 Å². The number of nitrogens with two attached hydrogens (primary N) is 1. The van der Waals surface area contributed by atoms with Crippen molar-refractivity contribution in [3.8, 4) is 11.1 Å². The van der Waals surface area contributed by atoms with Crippen LogP contribution >= 0.6 is 0 Å². The van der Waals surface area contributed by atoms with Crippen molar-refractivity contribution in [2.24, 2.45) is 5.73 Å². The molecule has 0 spiro atoms. The third kappa shape index (κ3) is 6.49. The third-order valence-electron chi connectivity index (χ3n) is 7.62. The SMILES string of the molecule is NC(=O)c1cc(-c2cccnc2[C@@H](CC(=O)Cn2nc(C(F)F)c3c2C(F)(F)CCC3(F)F)Cc2cc(F)cc(F)c2)ccc1F. The first-order valence-electron chi connectivity index (χ1n) is 13.7. The van der Waals surface area contributed by atoms with Gasteiger partial charge in [0.2, 0.25) is 0 Å². The first-order valence-corrected chi connectivity index (χ1v) is 13.7. The molecule has 1 aliphatic carbocycles. The number of rotatable bonds is 10. The highest BCUT2D eigenvalue weighted by atomic mass is 19.3. The smallest absolute Gasteiger partial charge is 0.290 e. The monoisotopic (exact) mass is 654 g/mol. The third-order valence-corrected chi connectivity index (χ3v) is 7.62. The summed E-state index contributed by atoms with van der Waals surface area (Å²) >= 11 is 0. The van der Waals surface area contributed by atoms with Gasteiger partial charge >= 0.3 is 0 Å². The second-order valence-electron chi connectivity index (χ2n) is 10.9. The molecule has 15 heteroatoms. The molecular formula is C31H23F9N4O2. The minimum absolute atomic E-state index is 0.0477. The normalized spacial score (nSPS) is 15.9. The van der Waals surface area contributed by atoms with Crippen LogP contribution in [0.2, 0.25) is 0 Å². The number of pyridine rings is 1. The van der Waals surface area contributed by atoms with E-state index in [1.54, 1.807) is 0 Å². The Morgan fingerprint density at radius 3 is 2.24 bits per heavy atom. The number of alkyl halides is 6. The van der Waals surface area contributed by atoms with Crippen molar-refractivity contribution in [1.82, 2.24) is 14.8 Å². The molecule has 0 radical (unpaired) electrons. The van der Waals surface area contributed by atoms with E-state index in [2.05, 4.69) is 10.1 Å². The predicted molar refractivity (Wildman–Crippen MR) is 145 cm³/mol. The number of amides is 1. The number of Topliss-reactive ketones (excluding diaryl/α,β-unsaturated/α-hetero) is 1. The molecule has 5 rings (SSSR count). The van der Waals surface area contributed by atoms with Crippen LogP contribution in [0.1, 0.15) is 70.2 Å². The average molecular weight is 655 g/mol. The Morgan fingerprint density at radius 2 is 1.59 bits per heavy atom. The summed E-state index contributed by atoms with van der Waals surface area (Å²) in [7, 11) is 0. The lowest BCUT2D eigenvalue weighted by Crippen LogP contribution is -2.33. The van der Waals surface area contributed by atoms with E-state index in [4.69, 9.17) is 5.73 Å². The lowest BCUT2D eigenvalue weighted by Gasteiger charge is -2.29. The predicted octanol–water partition coefficient (Wildman–Crippen LogP) is 7.36. The van der Waals surface area contributed by atoms with Gasteiger partial charge in [0.05, 0.1) is 16.8 Å². The number of benzene rings is 2. The second-order valence-corrected chi connectivity index (χ2v) is 10.9. The van der Waals surface area contributed by atoms with Crippen molar-refractivity contribution in [1.29, 1.82) is 0 Å². The van der Waals surface area contributed by atoms with Gasteiger partial charge in [-0.2, -0.15) is 13.9 Å². The largest absolute Gasteiger partial charge is 0.366 e. The van der Waals surface area contributed by atoms with Crippen LogP contribution in [0.3, 0.4) is 0 Å². The Hall–Kier alpha value is -4.69. The van der Waals surface area contributed by atoms with E-state index in [1.165, 1.54) is 24.4 Å². The molecule has 242 valence electrons. The molecule has 0 saturated heterocycles. The van der Waals surface area contributed by atoms with Crippen LogP contribution in [0.4, 0.5) is 39.5 Å². The number of hydrogen-bond donors (Lipinski definition) is 1. The van der Waals surface area contributed by atoms with Crippen LogP contribution in [0, 0.1) is 17.5 Å². The van der Waals surface area contributed by atoms with Gasteiger partial charge in [-0.1, -0.05) is 12.1 Å². The molecule has 0 unspecified atom stereocenters. The first kappa shape index (κ1) is 32.7. The first-order chi connectivity index (χ1) is 21.6. The lowest BCUT2D eigenvalue weighted by molar-refractivity contribution is -0.121. The van der Waals surface area contributed by atoms with E-state index in [0.29, 0.717) is 6.07 Å². The molecule has 0 aliphatic heterocycles. The second kappa shape index (κ2) is 12.2. The molecule has 1 aliphatic rings. The molecule has 1 amide bonds. The van der Waals surface area contributed by atoms with Gasteiger partial charge in [0.15, 0.2) is 5.78 Å². The number of carbonyl (C=O) groups excluding carboxylic acids is 2. The van der Waals surface area contributed by atoms with Crippen molar-refractivity contribution in [2.45, 2.75) is 56.4 Å². The van der Waals surface area contributed by atoms with Crippen LogP contribution in [0.15, 0.2) is 54.7 Å². The van der Waals surface area contributed by atoms with Crippen molar-refractivity contribution >= 4 is 11.7 Å². The summed E-state index contributed by atoms with van der Waals surface area (Å²) in [4.78, 5) is 29.5. The molecule has 2 aromatic heterocycles. The minimum Gasteiger partial charge on any atom is -0.366 e. The Morgan fingerprint density at radius 1 is 0.913 bits per heavy atom. The molecular weight excluding hydrogens is 631 g/mol. The molecule has 46 heavy (non-hydrogen) atoms. The highest BCUT2D eigenvalue weighted by molar-refractivity contribution is 5.94. The summed E-state index contributed by atoms with van der Waals surface area (Å²) in [5.74, 6) is -14.0. The summed E-state index contributed by atoms with van der Waals surface area (Å²) < 4.78 is 129. The maximum Gasteiger partial charge on any atom is 0.290 e. The van der Waals surface area contributed by atoms with Crippen molar-refractivity contribution in [3.63, 3.8) is 0 Å². The number of primary amides is 1. The Bertz CT molecular complexity index is 1800. The van der Waals surface area contributed by atoms with Crippen LogP contribution in [-0.2, 0) is 29.6 Å². The molecule has 2 N–H and O–H groups in total. The fourth-order valence-corrected chi connectivity index (χ4v) is 5.69. The number of nitrogens with zero attached hydrogens (tertiary/aromatic N) is 3. The Labute approximate surface area is 255 Å². The highest BCUT2D eigenvalue weighted by Crippen LogP contribution is 2.52. The zero-order valence-electron chi connectivity index (χ0n) is 23.5. The summed E-state index contributed by atoms with van der Waals surface area (Å²) in [6.07, 6.45) is -6.00. The quantitative estimate of drug-likeness (QED) is 0.181. The van der Waals surface area contributed by atoms with Gasteiger partial charge in [-0.05, 0) is 47.9 Å². The molecule has 0 bridgehead atoms. The van der Waals surface area contributed by atoms with Gasteiger partial charge in [0.25, 0.3) is 24.2 Å². The van der Waals surface area contributed by atoms with E-state index in [9.17, 15) is 49.1 Å². The molecule has 1 atom stereocenters. The van der Waals surface area contributed by atoms with Gasteiger partial charge in [-0.25, -0.2) is 30.7 Å². The molecule has 0 fully saturated rings. The molecule has 0 saturated carbocycles. The zero-order valence-corrected chi connectivity index (χ0v) is 23.5. The van der Waals surface area contributed by atoms with Gasteiger partial charge in [-0.3, -0.25) is 19.3 Å². The average Bonchev–Trinajstić information content (AvgIpc) is 3.37. The van der Waals surface area contributed by atoms with Gasteiger partial charge in [-0.15, -0.1) is 0 Å². The summed E-state index contributed by atoms with van der Waals surface area (Å²) in [5.41, 5.74) is 0.724. The number of ketones is 1. The standard InChI is InChI=1S/C31H23F9N4O2/c32-18-9-15(10-19(33)13-18)8-17(25-21(2-1-7-42-25)16-3-4-23(34)22(12-16)29(41)46)11-20(45)14-44-27-24(26(43-44)28(35)36)30(37,38)5-6-31(27,39)40/h1-4,7,9-10,12-13,17,28H,5-6,8,11,14H2,(H2,41,46)/t17-/m1/s1. The Balaban J connectivity index is 1.57. The summed E-state index contributed by atoms with van der Waals surface area (Å²) in [6.45, 7) is -1.11. The summed E-state index contributed by atoms with van der Waals surface area (Å²) in [5, 5.41) is 3.30. The fourth-order valence-electron chi connectivity index (χ4n) is 5.69. The molecule has 2 aromatic carbocycles. The minimum atomic E-state index is -4.05. The van der Waals surface area contributed by atoms with E-state index in [1.807, 2.05) is 0 Å². The summed E-state index contributed by atoms with van der Waals surface area (Å²) in [6, 6.07) is 8.91. The molecule has 6 nitrogen and oxygen atoms in total. The number of aromatic nitrogens is 3. The Kier molecular flexibility index (Phi) is 8.71. The van der Waals surface area contributed by atoms with Crippen LogP contribution in [0.25, 0.3) is 11.1 Å². The lowest BCUT2D eigenvalue weighted by atomic mass is 9.86. The van der Waals surface area contributed by atoms with Crippen molar-refractivity contribution < 1.29 is 49.1 Å². The number of carbonyl (C=O) groups is 2. The van der Waals surface area contributed by atoms with E-state index in [0.717, 1.165) is 24.3 Å². The fraction of sp³-hybridized carbons (Fsp3) is 0.290. The van der Waals surface area contributed by atoms with Crippen molar-refractivity contribution in [2.75, 3.05) is 0 Å². The van der Waals surface area contributed by atoms with E-state index in [-0.39, 0.29) is 33.5 Å². The number of fused-ring (bicyclic) bond motifs is 1. The van der Waals surface area contributed by atoms with Crippen LogP contribution in [0.5, 0.6) is 0 Å². The number of halogens is 9. The maximum atomic E-state index is 14.9. The highest BCUT2D eigenvalue weighted by Gasteiger charge is 2.55. The van der Waals surface area contributed by atoms with Gasteiger partial charge in [0.1, 0.15) is 35.4 Å². The van der Waals surface area contributed by atoms with E-state index < -0.39 is 102 Å². The van der Waals surface area contributed by atoms with Crippen LogP contribution in [-0.4, -0.2) is 26.5 Å². The van der Waals surface area contributed by atoms with Gasteiger partial charge < -0.3 is 5.73 Å². The topological polar surface area (TPSA) is 90.9 Å². The maximum absolute atomic E-state index is 14.9. The van der Waals surface area contributed by atoms with Crippen molar-refractivity contribution in [3.05, 3.63) is 106 Å². The zero-order chi connectivity index (χ0) is 33.6.